The fourth-order valence-corrected chi connectivity index (χ4v) is 9.95. The molecule has 0 aliphatic rings. The van der Waals surface area contributed by atoms with Crippen LogP contribution in [0.15, 0.2) is 146 Å². The fraction of sp³-hybridized carbons (Fsp3) is 0.308. The largest absolute Gasteiger partial charge is 0.309 e. The maximum atomic E-state index is 5.54. The highest BCUT2D eigenvalue weighted by molar-refractivity contribution is 6.14. The predicted octanol–water partition coefficient (Wildman–Crippen LogP) is 17.6. The number of fused-ring (bicyclic) bond motifs is 6. The number of nitrogens with zero attached hydrogens (tertiary/aromatic N) is 5. The molecule has 0 fully saturated rings. The molecule has 0 saturated carbocycles. The third kappa shape index (κ3) is 8.41. The van der Waals surface area contributed by atoms with Crippen molar-refractivity contribution in [3.05, 3.63) is 173 Å². The molecule has 3 heterocycles. The molecule has 5 heteroatoms. The van der Waals surface area contributed by atoms with E-state index in [1.165, 1.54) is 49.4 Å². The van der Waals surface area contributed by atoms with Gasteiger partial charge in [-0.05, 0) is 116 Å². The van der Waals surface area contributed by atoms with E-state index in [9.17, 15) is 0 Å². The van der Waals surface area contributed by atoms with Gasteiger partial charge in [-0.15, -0.1) is 0 Å². The second-order valence-corrected chi connectivity index (χ2v) is 24.8. The molecule has 0 aliphatic carbocycles. The summed E-state index contributed by atoms with van der Waals surface area (Å²) < 4.78 is 4.90. The van der Waals surface area contributed by atoms with Gasteiger partial charge in [0, 0.05) is 43.9 Å². The van der Waals surface area contributed by atoms with E-state index >= 15 is 0 Å². The van der Waals surface area contributed by atoms with Crippen LogP contribution in [0.4, 0.5) is 0 Å². The van der Waals surface area contributed by atoms with Gasteiger partial charge in [0.1, 0.15) is 0 Å². The molecule has 5 nitrogen and oxygen atoms in total. The quantitative estimate of drug-likeness (QED) is 0.173. The molecule has 70 heavy (non-hydrogen) atoms. The fourth-order valence-electron chi connectivity index (χ4n) is 9.95. The second kappa shape index (κ2) is 16.4. The Morgan fingerprint density at radius 3 is 1.03 bits per heavy atom. The highest BCUT2D eigenvalue weighted by Gasteiger charge is 2.27. The Morgan fingerprint density at radius 1 is 0.300 bits per heavy atom. The van der Waals surface area contributed by atoms with Crippen molar-refractivity contribution in [1.82, 2.24) is 24.1 Å². The summed E-state index contributed by atoms with van der Waals surface area (Å²) in [5.41, 5.74) is 15.8. The molecule has 0 atom stereocenters. The van der Waals surface area contributed by atoms with Crippen LogP contribution in [0, 0.1) is 0 Å². The summed E-state index contributed by atoms with van der Waals surface area (Å²) >= 11 is 0. The highest BCUT2D eigenvalue weighted by Crippen LogP contribution is 2.44. The molecule has 10 aromatic rings. The first-order valence-corrected chi connectivity index (χ1v) is 25.1. The average molecular weight is 920 g/mol. The molecule has 7 aromatic carbocycles. The molecular formula is C65H69N5. The van der Waals surface area contributed by atoms with Gasteiger partial charge < -0.3 is 9.13 Å². The number of hydrogen-bond acceptors (Lipinski definition) is 3. The Labute approximate surface area is 415 Å². The van der Waals surface area contributed by atoms with Crippen molar-refractivity contribution in [2.45, 2.75) is 131 Å². The lowest BCUT2D eigenvalue weighted by Gasteiger charge is -2.20. The molecule has 0 radical (unpaired) electrons. The van der Waals surface area contributed by atoms with Gasteiger partial charge >= 0.3 is 0 Å². The second-order valence-electron chi connectivity index (χ2n) is 24.8. The Balaban J connectivity index is 1.37. The van der Waals surface area contributed by atoms with E-state index in [4.69, 9.17) is 15.0 Å². The molecule has 0 amide bonds. The third-order valence-corrected chi connectivity index (χ3v) is 14.4. The maximum absolute atomic E-state index is 5.54. The van der Waals surface area contributed by atoms with Crippen molar-refractivity contribution in [1.29, 1.82) is 0 Å². The smallest absolute Gasteiger partial charge is 0.166 e. The van der Waals surface area contributed by atoms with E-state index in [2.05, 4.69) is 259 Å². The molecule has 0 spiro atoms. The van der Waals surface area contributed by atoms with Crippen LogP contribution in [0.3, 0.4) is 0 Å². The minimum atomic E-state index is -0.0473. The predicted molar refractivity (Wildman–Crippen MR) is 298 cm³/mol. The third-order valence-electron chi connectivity index (χ3n) is 14.4. The van der Waals surface area contributed by atoms with E-state index in [1.807, 2.05) is 0 Å². The summed E-state index contributed by atoms with van der Waals surface area (Å²) in [6, 6.07) is 54.3. The van der Waals surface area contributed by atoms with Gasteiger partial charge in [-0.3, -0.25) is 0 Å². The van der Waals surface area contributed by atoms with Crippen LogP contribution >= 0.6 is 0 Å². The van der Waals surface area contributed by atoms with E-state index in [1.54, 1.807) is 0 Å². The molecule has 0 saturated heterocycles. The Kier molecular flexibility index (Phi) is 11.0. The van der Waals surface area contributed by atoms with Crippen molar-refractivity contribution in [2.24, 2.45) is 0 Å². The zero-order valence-corrected chi connectivity index (χ0v) is 44.1. The lowest BCUT2D eigenvalue weighted by atomic mass is 9.85. The van der Waals surface area contributed by atoms with Crippen LogP contribution in [0.25, 0.3) is 89.2 Å². The number of hydrogen-bond donors (Lipinski definition) is 0. The Hall–Kier alpha value is -6.85. The standard InChI is InChI=1S/C65H69N5/c1-61(2,3)42-25-21-40(22-26-42)58-66-59(41-23-27-43(28-24-41)62(4,5)6)68-60(67-58)52-39-56-51(50-37-44(63(7,8)9)29-32-53(50)69(56)47-19-17-16-18-20-47)38-57(52)70-54-33-30-45(64(10,11)12)35-48(54)49-36-46(65(13,14)15)31-34-55(49)70/h16-39H,1-15H3. The van der Waals surface area contributed by atoms with Crippen molar-refractivity contribution in [3.8, 4) is 45.5 Å². The first-order chi connectivity index (χ1) is 32.8. The monoisotopic (exact) mass is 920 g/mol. The van der Waals surface area contributed by atoms with E-state index in [0.717, 1.165) is 50.1 Å². The van der Waals surface area contributed by atoms with Gasteiger partial charge in [-0.25, -0.2) is 15.0 Å². The van der Waals surface area contributed by atoms with Crippen molar-refractivity contribution >= 4 is 43.6 Å². The Morgan fingerprint density at radius 2 is 0.643 bits per heavy atom. The summed E-state index contributed by atoms with van der Waals surface area (Å²) in [5.74, 6) is 1.89. The highest BCUT2D eigenvalue weighted by atomic mass is 15.1. The van der Waals surface area contributed by atoms with Gasteiger partial charge in [0.2, 0.25) is 0 Å². The van der Waals surface area contributed by atoms with Crippen LogP contribution in [0.1, 0.15) is 132 Å². The van der Waals surface area contributed by atoms with Gasteiger partial charge in [0.25, 0.3) is 0 Å². The van der Waals surface area contributed by atoms with Gasteiger partial charge in [0.05, 0.1) is 27.8 Å². The average Bonchev–Trinajstić information content (AvgIpc) is 3.81. The zero-order chi connectivity index (χ0) is 49.9. The molecule has 354 valence electrons. The van der Waals surface area contributed by atoms with Crippen LogP contribution in [-0.2, 0) is 27.1 Å². The molecule has 0 aliphatic heterocycles. The Bertz CT molecular complexity index is 3480. The SMILES string of the molecule is CC(C)(C)c1ccc(-c2nc(-c3ccc(C(C)(C)C)cc3)nc(-c3cc4c(cc3-n3c5ccc(C(C)(C)C)cc5c5cc(C(C)(C)C)ccc53)c3cc(C(C)(C)C)ccc3n4-c3ccccc3)n2)cc1. The number of rotatable bonds is 5. The van der Waals surface area contributed by atoms with Gasteiger partial charge in [0.15, 0.2) is 17.5 Å². The first-order valence-electron chi connectivity index (χ1n) is 25.1. The van der Waals surface area contributed by atoms with Crippen LogP contribution in [0.5, 0.6) is 0 Å². The van der Waals surface area contributed by atoms with Gasteiger partial charge in [-0.2, -0.15) is 0 Å². The number of para-hydroxylation sites is 1. The lowest BCUT2D eigenvalue weighted by molar-refractivity contribution is 0.590. The summed E-state index contributed by atoms with van der Waals surface area (Å²) in [5, 5.41) is 4.84. The molecule has 10 rings (SSSR count). The minimum Gasteiger partial charge on any atom is -0.309 e. The van der Waals surface area contributed by atoms with E-state index in [0.29, 0.717) is 17.5 Å². The van der Waals surface area contributed by atoms with Crippen LogP contribution < -0.4 is 0 Å². The molecule has 3 aromatic heterocycles. The van der Waals surface area contributed by atoms with Crippen molar-refractivity contribution in [3.63, 3.8) is 0 Å². The molecule has 0 bridgehead atoms. The first kappa shape index (κ1) is 46.9. The topological polar surface area (TPSA) is 48.5 Å². The summed E-state index contributed by atoms with van der Waals surface area (Å²) in [6.07, 6.45) is 0. The number of aromatic nitrogens is 5. The minimum absolute atomic E-state index is 0.00151. The maximum Gasteiger partial charge on any atom is 0.166 e. The van der Waals surface area contributed by atoms with Gasteiger partial charge in [-0.1, -0.05) is 189 Å². The lowest BCUT2D eigenvalue weighted by Crippen LogP contribution is -2.11. The molecular weight excluding hydrogens is 851 g/mol. The van der Waals surface area contributed by atoms with E-state index in [-0.39, 0.29) is 27.1 Å². The number of benzene rings is 7. The van der Waals surface area contributed by atoms with Crippen molar-refractivity contribution in [2.75, 3.05) is 0 Å². The summed E-state index contributed by atoms with van der Waals surface area (Å²) in [6.45, 7) is 34.2. The molecule has 0 N–H and O–H groups in total. The molecule has 0 unspecified atom stereocenters. The van der Waals surface area contributed by atoms with Crippen LogP contribution in [-0.4, -0.2) is 24.1 Å². The van der Waals surface area contributed by atoms with E-state index < -0.39 is 0 Å². The van der Waals surface area contributed by atoms with Crippen LogP contribution in [0.2, 0.25) is 0 Å². The zero-order valence-electron chi connectivity index (χ0n) is 44.1. The summed E-state index contributed by atoms with van der Waals surface area (Å²) in [4.78, 5) is 16.4. The summed E-state index contributed by atoms with van der Waals surface area (Å²) in [7, 11) is 0. The normalized spacial score (nSPS) is 13.1. The van der Waals surface area contributed by atoms with Crippen molar-refractivity contribution < 1.29 is 0 Å².